The van der Waals surface area contributed by atoms with Gasteiger partial charge in [-0.15, -0.1) is 0 Å². The minimum Gasteiger partial charge on any atom is -0.481 e. The predicted molar refractivity (Wildman–Crippen MR) is 263 cm³/mol. The molecule has 0 aromatic carbocycles. The zero-order valence-corrected chi connectivity index (χ0v) is 42.7. The van der Waals surface area contributed by atoms with Gasteiger partial charge in [-0.05, 0) is 44.9 Å². The molecule has 0 aromatic heterocycles. The van der Waals surface area contributed by atoms with Crippen LogP contribution in [0.5, 0.6) is 0 Å². The predicted octanol–water partition coefficient (Wildman–Crippen LogP) is 12.6. The normalized spacial score (nSPS) is 12.6. The lowest BCUT2D eigenvalue weighted by molar-refractivity contribution is -0.148. The topological polar surface area (TPSA) is 167 Å². The molecule has 0 aromatic rings. The van der Waals surface area contributed by atoms with Crippen LogP contribution in [-0.4, -0.2) is 111 Å². The van der Waals surface area contributed by atoms with Crippen molar-refractivity contribution in [3.63, 3.8) is 0 Å². The number of carbonyl (C=O) groups excluding carboxylic acids is 2. The fourth-order valence-corrected chi connectivity index (χ4v) is 7.39. The zero-order chi connectivity index (χ0) is 48.1. The first kappa shape index (κ1) is 65.3. The molecule has 0 saturated carbocycles. The third kappa shape index (κ3) is 58.2. The van der Waals surface area contributed by atoms with Crippen LogP contribution in [0.3, 0.4) is 0 Å². The van der Waals surface area contributed by atoms with E-state index in [-0.39, 0.29) is 50.4 Å². The summed E-state index contributed by atoms with van der Waals surface area (Å²) in [5.41, 5.74) is 0. The maximum absolute atomic E-state index is 11.1. The van der Waals surface area contributed by atoms with Gasteiger partial charge in [0.15, 0.2) is 0 Å². The van der Waals surface area contributed by atoms with E-state index in [1.807, 2.05) is 0 Å². The van der Waals surface area contributed by atoms with Crippen molar-refractivity contribution in [2.24, 2.45) is 0 Å². The highest BCUT2D eigenvalue weighted by atomic mass is 16.6. The van der Waals surface area contributed by atoms with E-state index in [1.54, 1.807) is 0 Å². The highest BCUT2D eigenvalue weighted by Crippen LogP contribution is 2.15. The van der Waals surface area contributed by atoms with E-state index in [0.29, 0.717) is 58.9 Å². The molecule has 3 N–H and O–H groups in total. The van der Waals surface area contributed by atoms with Crippen LogP contribution in [0.15, 0.2) is 0 Å². The van der Waals surface area contributed by atoms with Crippen LogP contribution >= 0.6 is 0 Å². The number of hydrogen-bond acceptors (Lipinski definition) is 11. The lowest BCUT2D eigenvalue weighted by atomic mass is 10.0. The van der Waals surface area contributed by atoms with Gasteiger partial charge in [-0.3, -0.25) is 14.4 Å². The molecule has 3 unspecified atom stereocenters. The van der Waals surface area contributed by atoms with Crippen molar-refractivity contribution in [1.29, 1.82) is 0 Å². The Morgan fingerprint density at radius 1 is 0.415 bits per heavy atom. The average molecular weight is 933 g/mol. The van der Waals surface area contributed by atoms with Gasteiger partial charge in [0.25, 0.3) is 0 Å². The molecule has 0 spiro atoms. The maximum atomic E-state index is 11.1. The summed E-state index contributed by atoms with van der Waals surface area (Å²) in [5, 5.41) is 26.8. The Balaban J connectivity index is 0. The van der Waals surface area contributed by atoms with Crippen molar-refractivity contribution in [2.75, 3.05) is 59.5 Å². The van der Waals surface area contributed by atoms with Crippen molar-refractivity contribution in [2.45, 2.75) is 264 Å². The van der Waals surface area contributed by atoms with E-state index in [2.05, 4.69) is 13.8 Å². The Morgan fingerprint density at radius 2 is 0.723 bits per heavy atom. The van der Waals surface area contributed by atoms with Gasteiger partial charge in [-0.1, -0.05) is 181 Å². The fourth-order valence-electron chi connectivity index (χ4n) is 7.39. The number of rotatable bonds is 51. The van der Waals surface area contributed by atoms with Gasteiger partial charge in [-0.2, -0.15) is 0 Å². The summed E-state index contributed by atoms with van der Waals surface area (Å²) < 4.78 is 33.1. The molecule has 0 radical (unpaired) electrons. The largest absolute Gasteiger partial charge is 0.481 e. The molecule has 0 amide bonds. The van der Waals surface area contributed by atoms with Gasteiger partial charge < -0.3 is 43.7 Å². The highest BCUT2D eigenvalue weighted by Gasteiger charge is 2.13. The lowest BCUT2D eigenvalue weighted by Gasteiger charge is -2.18. The monoisotopic (exact) mass is 933 g/mol. The second-order valence-electron chi connectivity index (χ2n) is 18.1. The van der Waals surface area contributed by atoms with Gasteiger partial charge in [-0.25, -0.2) is 0 Å². The Labute approximate surface area is 398 Å². The van der Waals surface area contributed by atoms with Gasteiger partial charge in [0, 0.05) is 46.7 Å². The number of aliphatic hydroxyl groups is 2. The van der Waals surface area contributed by atoms with Crippen LogP contribution in [0, 0.1) is 0 Å². The molecule has 0 heterocycles. The molecule has 0 bridgehead atoms. The average Bonchev–Trinajstić information content (AvgIpc) is 3.28. The van der Waals surface area contributed by atoms with E-state index in [0.717, 1.165) is 25.7 Å². The number of esters is 2. The summed E-state index contributed by atoms with van der Waals surface area (Å²) >= 11 is 0. The van der Waals surface area contributed by atoms with Crippen molar-refractivity contribution in [1.82, 2.24) is 0 Å². The van der Waals surface area contributed by atoms with Crippen LogP contribution in [0.4, 0.5) is 0 Å². The van der Waals surface area contributed by atoms with Gasteiger partial charge in [0.2, 0.25) is 0 Å². The first-order valence-electron chi connectivity index (χ1n) is 26.8. The molecule has 3 atom stereocenters. The summed E-state index contributed by atoms with van der Waals surface area (Å²) in [6.07, 6.45) is 39.7. The first-order valence-corrected chi connectivity index (χ1v) is 26.8. The Kier molecular flexibility index (Phi) is 55.0. The molecule has 0 aliphatic carbocycles. The molecular formula is C53H104O12. The molecule has 0 rings (SSSR count). The number of carboxylic acid groups (broad SMARTS) is 1. The number of aliphatic carboxylic acids is 1. The molecule has 0 fully saturated rings. The van der Waals surface area contributed by atoms with Crippen LogP contribution in [0.2, 0.25) is 0 Å². The zero-order valence-electron chi connectivity index (χ0n) is 42.7. The standard InChI is InChI=1S/C27H54O6.C26H50O6/c1-3-4-5-6-7-8-9-10-11-12-13-14-15-17-20-31-23-27(24-33-25(2)29)32-21-18-16-19-26(30)22-28;1-3-4-5-6-7-8-9-10-11-12-13-14-15-17-20-30-22-25(23-32-24(2)27)31-21-18-16-19-26(28)29/h26-28,30H,3-24H2,1-2H3;25H,3-23H2,1-2H3,(H,28,29). The minimum absolute atomic E-state index is 0.146. The smallest absolute Gasteiger partial charge is 0.303 e. The van der Waals surface area contributed by atoms with Crippen LogP contribution in [-0.2, 0) is 42.8 Å². The van der Waals surface area contributed by atoms with Gasteiger partial charge in [0.05, 0.1) is 25.9 Å². The molecule has 12 heteroatoms. The SMILES string of the molecule is CCCCCCCCCCCCCCCCOCC(COC(C)=O)OCCCCC(=O)O.CCCCCCCCCCCCCCCCOCC(COC(C)=O)OCCCCC(O)CO. The summed E-state index contributed by atoms with van der Waals surface area (Å²) in [6.45, 7) is 10.7. The van der Waals surface area contributed by atoms with Crippen LogP contribution in [0.1, 0.15) is 246 Å². The molecule has 12 nitrogen and oxygen atoms in total. The molecule has 65 heavy (non-hydrogen) atoms. The van der Waals surface area contributed by atoms with E-state index >= 15 is 0 Å². The summed E-state index contributed by atoms with van der Waals surface area (Å²) in [5.74, 6) is -1.45. The third-order valence-electron chi connectivity index (χ3n) is 11.5. The molecule has 0 aliphatic rings. The minimum atomic E-state index is -0.794. The second-order valence-corrected chi connectivity index (χ2v) is 18.1. The van der Waals surface area contributed by atoms with Crippen LogP contribution in [0.25, 0.3) is 0 Å². The number of ether oxygens (including phenoxy) is 6. The highest BCUT2D eigenvalue weighted by molar-refractivity contribution is 5.66. The second kappa shape index (κ2) is 54.8. The third-order valence-corrected chi connectivity index (χ3v) is 11.5. The lowest BCUT2D eigenvalue weighted by Crippen LogP contribution is -2.27. The van der Waals surface area contributed by atoms with Crippen molar-refractivity contribution in [3.8, 4) is 0 Å². The van der Waals surface area contributed by atoms with E-state index in [4.69, 9.17) is 38.6 Å². The molecule has 388 valence electrons. The number of aliphatic hydroxyl groups excluding tert-OH is 2. The fraction of sp³-hybridized carbons (Fsp3) is 0.943. The number of unbranched alkanes of at least 4 members (excludes halogenated alkanes) is 28. The Morgan fingerprint density at radius 3 is 1.03 bits per heavy atom. The first-order chi connectivity index (χ1) is 31.7. The number of hydrogen-bond donors (Lipinski definition) is 3. The maximum Gasteiger partial charge on any atom is 0.303 e. The van der Waals surface area contributed by atoms with Crippen molar-refractivity contribution < 1.29 is 58.1 Å². The summed E-state index contributed by atoms with van der Waals surface area (Å²) in [7, 11) is 0. The Hall–Kier alpha value is -1.83. The van der Waals surface area contributed by atoms with Crippen molar-refractivity contribution >= 4 is 17.9 Å². The molecular weight excluding hydrogens is 829 g/mol. The summed E-state index contributed by atoms with van der Waals surface area (Å²) in [6, 6.07) is 0. The van der Waals surface area contributed by atoms with Gasteiger partial charge in [0.1, 0.15) is 25.4 Å². The quantitative estimate of drug-likeness (QED) is 0.0391. The van der Waals surface area contributed by atoms with Gasteiger partial charge >= 0.3 is 17.9 Å². The van der Waals surface area contributed by atoms with Crippen molar-refractivity contribution in [3.05, 3.63) is 0 Å². The Bertz CT molecular complexity index is 983. The van der Waals surface area contributed by atoms with E-state index in [1.165, 1.54) is 181 Å². The molecule has 0 saturated heterocycles. The summed E-state index contributed by atoms with van der Waals surface area (Å²) in [4.78, 5) is 32.7. The number of carboxylic acids is 1. The van der Waals surface area contributed by atoms with E-state index < -0.39 is 12.1 Å². The molecule has 0 aliphatic heterocycles. The van der Waals surface area contributed by atoms with Crippen LogP contribution < -0.4 is 0 Å². The number of carbonyl (C=O) groups is 3. The van der Waals surface area contributed by atoms with E-state index in [9.17, 15) is 19.5 Å².